The van der Waals surface area contributed by atoms with E-state index >= 15 is 0 Å². The van der Waals surface area contributed by atoms with Crippen LogP contribution in [-0.2, 0) is 9.59 Å². The fourth-order valence-corrected chi connectivity index (χ4v) is 4.33. The summed E-state index contributed by atoms with van der Waals surface area (Å²) in [5, 5.41) is 6.25. The van der Waals surface area contributed by atoms with E-state index in [-0.39, 0.29) is 11.7 Å². The Labute approximate surface area is 178 Å². The lowest BCUT2D eigenvalue weighted by Crippen LogP contribution is -2.35. The molecule has 1 unspecified atom stereocenters. The molecule has 29 heavy (non-hydrogen) atoms. The van der Waals surface area contributed by atoms with E-state index in [2.05, 4.69) is 31.5 Å². The first-order valence-electron chi connectivity index (χ1n) is 9.68. The van der Waals surface area contributed by atoms with E-state index in [1.165, 1.54) is 0 Å². The minimum atomic E-state index is -0.392. The summed E-state index contributed by atoms with van der Waals surface area (Å²) in [6.45, 7) is 3.78. The summed E-state index contributed by atoms with van der Waals surface area (Å²) in [5.41, 5.74) is 4.75. The van der Waals surface area contributed by atoms with Gasteiger partial charge in [0.1, 0.15) is 5.82 Å². The Bertz CT molecular complexity index is 1050. The van der Waals surface area contributed by atoms with Crippen LogP contribution in [0.15, 0.2) is 69.5 Å². The van der Waals surface area contributed by atoms with E-state index < -0.39 is 5.92 Å². The van der Waals surface area contributed by atoms with E-state index in [9.17, 15) is 9.59 Å². The largest absolute Gasteiger partial charge is 0.362 e. The highest BCUT2D eigenvalue weighted by Crippen LogP contribution is 2.42. The van der Waals surface area contributed by atoms with Crippen molar-refractivity contribution in [2.24, 2.45) is 0 Å². The number of hydrogen-bond donors (Lipinski definition) is 2. The lowest BCUT2D eigenvalue weighted by atomic mass is 9.75. The van der Waals surface area contributed by atoms with Crippen molar-refractivity contribution in [2.75, 3.05) is 5.32 Å². The van der Waals surface area contributed by atoms with Gasteiger partial charge in [0.05, 0.1) is 0 Å². The second-order valence-electron chi connectivity index (χ2n) is 7.44. The second-order valence-corrected chi connectivity index (χ2v) is 8.35. The van der Waals surface area contributed by atoms with E-state index in [1.807, 2.05) is 50.2 Å². The number of carbonyl (C=O) groups excluding carboxylic acids is 2. The Morgan fingerprint density at radius 2 is 1.90 bits per heavy atom. The third-order valence-corrected chi connectivity index (χ3v) is 5.88. The molecule has 4 rings (SSSR count). The molecule has 0 spiro atoms. The zero-order chi connectivity index (χ0) is 20.5. The van der Waals surface area contributed by atoms with Crippen LogP contribution in [0.1, 0.15) is 43.4 Å². The number of amides is 1. The van der Waals surface area contributed by atoms with Crippen molar-refractivity contribution in [2.45, 2.75) is 39.0 Å². The maximum Gasteiger partial charge on any atom is 0.255 e. The summed E-state index contributed by atoms with van der Waals surface area (Å²) in [6.07, 6.45) is 2.17. The average molecular weight is 452 g/mol. The van der Waals surface area contributed by atoms with Crippen molar-refractivity contribution in [3.8, 4) is 0 Å². The maximum atomic E-state index is 13.3. The van der Waals surface area contributed by atoms with Crippen molar-refractivity contribution < 1.29 is 9.59 Å². The molecule has 1 aromatic carbocycles. The number of halogens is 1. The van der Waals surface area contributed by atoms with Crippen LogP contribution in [0.3, 0.4) is 0 Å². The normalized spacial score (nSPS) is 19.0. The van der Waals surface area contributed by atoms with Crippen LogP contribution in [0.2, 0.25) is 0 Å². The standard InChI is InChI=1S/C23H22BrN3O2/c1-13-5-3-8-19(25-13)27-23(29)20-14(2)26-17-6-4-7-18(28)22(17)21(20)15-9-11-16(24)12-10-15/h3,5,8-12,21,26H,4,6-7H2,1-2H3,(H,25,27,29). The van der Waals surface area contributed by atoms with Gasteiger partial charge in [0.2, 0.25) is 0 Å². The van der Waals surface area contributed by atoms with Crippen molar-refractivity contribution in [3.63, 3.8) is 0 Å². The van der Waals surface area contributed by atoms with E-state index in [4.69, 9.17) is 0 Å². The summed E-state index contributed by atoms with van der Waals surface area (Å²) >= 11 is 3.47. The molecule has 0 saturated carbocycles. The van der Waals surface area contributed by atoms with Crippen LogP contribution in [-0.4, -0.2) is 16.7 Å². The number of carbonyl (C=O) groups is 2. The van der Waals surface area contributed by atoms with Crippen LogP contribution >= 0.6 is 15.9 Å². The zero-order valence-electron chi connectivity index (χ0n) is 16.4. The number of aryl methyl sites for hydroxylation is 1. The number of benzene rings is 1. The summed E-state index contributed by atoms with van der Waals surface area (Å²) in [5.74, 6) is -0.0272. The summed E-state index contributed by atoms with van der Waals surface area (Å²) < 4.78 is 0.954. The molecule has 1 atom stereocenters. The van der Waals surface area contributed by atoms with E-state index in [1.54, 1.807) is 6.07 Å². The molecule has 0 bridgehead atoms. The molecule has 2 aliphatic rings. The fraction of sp³-hybridized carbons (Fsp3) is 0.261. The Kier molecular flexibility index (Phi) is 5.37. The summed E-state index contributed by atoms with van der Waals surface area (Å²) in [7, 11) is 0. The SMILES string of the molecule is CC1=C(C(=O)Nc2cccc(C)n2)C(c2ccc(Br)cc2)C2=C(CCCC2=O)N1. The minimum Gasteiger partial charge on any atom is -0.362 e. The van der Waals surface area contributed by atoms with Gasteiger partial charge in [-0.1, -0.05) is 34.1 Å². The van der Waals surface area contributed by atoms with Gasteiger partial charge in [-0.15, -0.1) is 0 Å². The molecule has 2 aromatic rings. The zero-order valence-corrected chi connectivity index (χ0v) is 18.0. The van der Waals surface area contributed by atoms with Crippen molar-refractivity contribution in [1.29, 1.82) is 0 Å². The molecule has 148 valence electrons. The number of dihydropyridines is 1. The quantitative estimate of drug-likeness (QED) is 0.705. The van der Waals surface area contributed by atoms with Gasteiger partial charge in [-0.2, -0.15) is 0 Å². The number of hydrogen-bond acceptors (Lipinski definition) is 4. The van der Waals surface area contributed by atoms with Gasteiger partial charge in [-0.25, -0.2) is 4.98 Å². The molecule has 5 nitrogen and oxygen atoms in total. The summed E-state index contributed by atoms with van der Waals surface area (Å²) in [6, 6.07) is 13.3. The topological polar surface area (TPSA) is 71.1 Å². The predicted molar refractivity (Wildman–Crippen MR) is 116 cm³/mol. The Balaban J connectivity index is 1.78. The molecule has 0 saturated heterocycles. The third-order valence-electron chi connectivity index (χ3n) is 5.35. The Morgan fingerprint density at radius 3 is 2.62 bits per heavy atom. The molecule has 0 fully saturated rings. The van der Waals surface area contributed by atoms with Gasteiger partial charge in [-0.05, 0) is 56.5 Å². The minimum absolute atomic E-state index is 0.109. The monoisotopic (exact) mass is 451 g/mol. The van der Waals surface area contributed by atoms with Crippen molar-refractivity contribution >= 4 is 33.4 Å². The number of aromatic nitrogens is 1. The summed E-state index contributed by atoms with van der Waals surface area (Å²) in [4.78, 5) is 30.6. The number of nitrogens with zero attached hydrogens (tertiary/aromatic N) is 1. The number of anilines is 1. The Hall–Kier alpha value is -2.73. The highest BCUT2D eigenvalue weighted by molar-refractivity contribution is 9.10. The van der Waals surface area contributed by atoms with E-state index in [0.29, 0.717) is 23.4 Å². The molecule has 1 amide bonds. The molecule has 1 aliphatic carbocycles. The highest BCUT2D eigenvalue weighted by atomic mass is 79.9. The van der Waals surface area contributed by atoms with Crippen LogP contribution < -0.4 is 10.6 Å². The first-order valence-corrected chi connectivity index (χ1v) is 10.5. The number of Topliss-reactive ketones (excluding diaryl/α,β-unsaturated/α-hetero) is 1. The van der Waals surface area contributed by atoms with Crippen LogP contribution in [0.5, 0.6) is 0 Å². The van der Waals surface area contributed by atoms with Crippen molar-refractivity contribution in [3.05, 3.63) is 80.7 Å². The van der Waals surface area contributed by atoms with E-state index in [0.717, 1.165) is 40.0 Å². The number of allylic oxidation sites excluding steroid dienone is 3. The molecule has 2 heterocycles. The molecular weight excluding hydrogens is 430 g/mol. The number of nitrogens with one attached hydrogen (secondary N) is 2. The van der Waals surface area contributed by atoms with Gasteiger partial charge in [0.25, 0.3) is 5.91 Å². The van der Waals surface area contributed by atoms with Crippen LogP contribution in [0, 0.1) is 6.92 Å². The lowest BCUT2D eigenvalue weighted by Gasteiger charge is -2.34. The molecule has 2 N–H and O–H groups in total. The Morgan fingerprint density at radius 1 is 1.14 bits per heavy atom. The van der Waals surface area contributed by atoms with Gasteiger partial charge in [-0.3, -0.25) is 9.59 Å². The highest BCUT2D eigenvalue weighted by Gasteiger charge is 2.38. The lowest BCUT2D eigenvalue weighted by molar-refractivity contribution is -0.116. The average Bonchev–Trinajstić information content (AvgIpc) is 2.67. The molecular formula is C23H22BrN3O2. The number of pyridine rings is 1. The fourth-order valence-electron chi connectivity index (χ4n) is 4.07. The smallest absolute Gasteiger partial charge is 0.255 e. The second kappa shape index (κ2) is 7.95. The maximum absolute atomic E-state index is 13.3. The third kappa shape index (κ3) is 3.90. The van der Waals surface area contributed by atoms with Gasteiger partial charge < -0.3 is 10.6 Å². The number of ketones is 1. The van der Waals surface area contributed by atoms with Crippen molar-refractivity contribution in [1.82, 2.24) is 10.3 Å². The molecule has 1 aliphatic heterocycles. The molecule has 6 heteroatoms. The van der Waals surface area contributed by atoms with Gasteiger partial charge >= 0.3 is 0 Å². The van der Waals surface area contributed by atoms with Crippen LogP contribution in [0.4, 0.5) is 5.82 Å². The predicted octanol–water partition coefficient (Wildman–Crippen LogP) is 4.76. The molecule has 1 aromatic heterocycles. The van der Waals surface area contributed by atoms with Crippen LogP contribution in [0.25, 0.3) is 0 Å². The molecule has 0 radical (unpaired) electrons. The first kappa shape index (κ1) is 19.6. The van der Waals surface area contributed by atoms with Gasteiger partial charge in [0.15, 0.2) is 5.78 Å². The first-order chi connectivity index (χ1) is 13.9. The number of rotatable bonds is 3. The van der Waals surface area contributed by atoms with Gasteiger partial charge in [0, 0.05) is 45.0 Å².